The highest BCUT2D eigenvalue weighted by molar-refractivity contribution is 6.19. The van der Waals surface area contributed by atoms with E-state index in [-0.39, 0.29) is 11.6 Å². The third kappa shape index (κ3) is 2.91. The molecule has 2 aliphatic rings. The molecule has 2 aliphatic carbocycles. The first-order chi connectivity index (χ1) is 13.3. The van der Waals surface area contributed by atoms with Gasteiger partial charge in [-0.3, -0.25) is 9.59 Å². The summed E-state index contributed by atoms with van der Waals surface area (Å²) in [6, 6.07) is 11.3. The van der Waals surface area contributed by atoms with E-state index < -0.39 is 23.2 Å². The molecule has 0 aromatic heterocycles. The zero-order valence-electron chi connectivity index (χ0n) is 15.2. The molecule has 2 atom stereocenters. The molecular formula is C22H20F3NO2. The van der Waals surface area contributed by atoms with Gasteiger partial charge in [0, 0.05) is 17.7 Å². The van der Waals surface area contributed by atoms with Gasteiger partial charge in [0.2, 0.25) is 0 Å². The highest BCUT2D eigenvalue weighted by Crippen LogP contribution is 2.52. The van der Waals surface area contributed by atoms with Crippen LogP contribution in [0, 0.1) is 5.41 Å². The molecule has 0 heterocycles. The molecule has 0 saturated heterocycles. The molecule has 2 aromatic rings. The number of alkyl halides is 3. The molecule has 3 nitrogen and oxygen atoms in total. The molecular weight excluding hydrogens is 367 g/mol. The number of benzene rings is 2. The van der Waals surface area contributed by atoms with Crippen LogP contribution < -0.4 is 5.32 Å². The van der Waals surface area contributed by atoms with Gasteiger partial charge in [-0.25, -0.2) is 0 Å². The Hall–Kier alpha value is -2.63. The number of carbonyl (C=O) groups excluding carboxylic acids is 2. The summed E-state index contributed by atoms with van der Waals surface area (Å²) in [5.74, 6) is -0.241. The van der Waals surface area contributed by atoms with E-state index in [2.05, 4.69) is 5.32 Å². The van der Waals surface area contributed by atoms with Gasteiger partial charge in [-0.1, -0.05) is 37.1 Å². The molecule has 28 heavy (non-hydrogen) atoms. The van der Waals surface area contributed by atoms with Gasteiger partial charge in [0.1, 0.15) is 11.2 Å². The van der Waals surface area contributed by atoms with Crippen molar-refractivity contribution in [1.82, 2.24) is 0 Å². The molecule has 4 rings (SSSR count). The number of anilines is 1. The van der Waals surface area contributed by atoms with Crippen molar-refractivity contribution in [3.05, 3.63) is 65.2 Å². The Morgan fingerprint density at radius 3 is 2.36 bits per heavy atom. The van der Waals surface area contributed by atoms with E-state index in [0.29, 0.717) is 24.1 Å². The lowest BCUT2D eigenvalue weighted by molar-refractivity contribution is -0.137. The smallest absolute Gasteiger partial charge is 0.377 e. The van der Waals surface area contributed by atoms with Crippen LogP contribution in [0.5, 0.6) is 0 Å². The third-order valence-electron chi connectivity index (χ3n) is 5.91. The van der Waals surface area contributed by atoms with Crippen molar-refractivity contribution in [3.63, 3.8) is 0 Å². The lowest BCUT2D eigenvalue weighted by Crippen LogP contribution is -2.42. The fraction of sp³-hybridized carbons (Fsp3) is 0.364. The largest absolute Gasteiger partial charge is 0.416 e. The van der Waals surface area contributed by atoms with E-state index in [1.807, 2.05) is 12.1 Å². The first-order valence-corrected chi connectivity index (χ1v) is 9.45. The maximum atomic E-state index is 13.3. The number of hydrogen-bond acceptors (Lipinski definition) is 3. The van der Waals surface area contributed by atoms with Crippen LogP contribution in [0.15, 0.2) is 48.5 Å². The number of hydrogen-bond donors (Lipinski definition) is 1. The summed E-state index contributed by atoms with van der Waals surface area (Å²) in [5, 5.41) is 3.22. The van der Waals surface area contributed by atoms with Crippen molar-refractivity contribution in [2.45, 2.75) is 44.3 Å². The number of rotatable bonds is 2. The quantitative estimate of drug-likeness (QED) is 0.685. The second kappa shape index (κ2) is 6.76. The predicted octanol–water partition coefficient (Wildman–Crippen LogP) is 5.57. The summed E-state index contributed by atoms with van der Waals surface area (Å²) in [5.41, 5.74) is -0.187. The molecule has 1 saturated carbocycles. The zero-order valence-corrected chi connectivity index (χ0v) is 15.2. The summed E-state index contributed by atoms with van der Waals surface area (Å²) in [4.78, 5) is 26.4. The average molecular weight is 387 g/mol. The van der Waals surface area contributed by atoms with Crippen LogP contribution in [-0.2, 0) is 11.0 Å². The van der Waals surface area contributed by atoms with Crippen molar-refractivity contribution >= 4 is 17.3 Å². The summed E-state index contributed by atoms with van der Waals surface area (Å²) in [6.45, 7) is 0. The van der Waals surface area contributed by atoms with Gasteiger partial charge in [0.15, 0.2) is 5.78 Å². The normalized spacial score (nSPS) is 24.9. The standard InChI is InChI=1S/C22H20F3NO2/c23-22(24,25)14-9-11-15(12-10-14)26-19-16-6-3-4-7-17(16)20(28)21(19)13-5-1-2-8-18(21)27/h3-4,6-7,9-12,19,26H,1-2,5,8,13H2/t19-,21-/m1/s1. The van der Waals surface area contributed by atoms with Crippen molar-refractivity contribution in [2.24, 2.45) is 5.41 Å². The topological polar surface area (TPSA) is 46.2 Å². The highest BCUT2D eigenvalue weighted by Gasteiger charge is 2.57. The molecule has 0 bridgehead atoms. The minimum Gasteiger partial charge on any atom is -0.377 e. The number of Topliss-reactive ketones (excluding diaryl/α,β-unsaturated/α-hetero) is 2. The van der Waals surface area contributed by atoms with Crippen LogP contribution >= 0.6 is 0 Å². The first-order valence-electron chi connectivity index (χ1n) is 9.45. The van der Waals surface area contributed by atoms with Gasteiger partial charge in [0.05, 0.1) is 11.6 Å². The fourth-order valence-corrected chi connectivity index (χ4v) is 4.49. The first kappa shape index (κ1) is 18.7. The molecule has 1 N–H and O–H groups in total. The summed E-state index contributed by atoms with van der Waals surface area (Å²) >= 11 is 0. The fourth-order valence-electron chi connectivity index (χ4n) is 4.49. The highest BCUT2D eigenvalue weighted by atomic mass is 19.4. The molecule has 6 heteroatoms. The molecule has 0 amide bonds. The van der Waals surface area contributed by atoms with Crippen molar-refractivity contribution in [2.75, 3.05) is 5.32 Å². The Kier molecular flexibility index (Phi) is 4.52. The van der Waals surface area contributed by atoms with Crippen LogP contribution in [0.2, 0.25) is 0 Å². The Labute approximate surface area is 160 Å². The number of carbonyl (C=O) groups is 2. The number of fused-ring (bicyclic) bond motifs is 1. The van der Waals surface area contributed by atoms with Gasteiger partial charge in [-0.05, 0) is 42.7 Å². The summed E-state index contributed by atoms with van der Waals surface area (Å²) in [6.07, 6.45) is -1.17. The van der Waals surface area contributed by atoms with Crippen molar-refractivity contribution < 1.29 is 22.8 Å². The molecule has 2 aromatic carbocycles. The maximum absolute atomic E-state index is 13.3. The van der Waals surface area contributed by atoms with E-state index in [1.165, 1.54) is 12.1 Å². The van der Waals surface area contributed by atoms with Crippen LogP contribution in [0.3, 0.4) is 0 Å². The Morgan fingerprint density at radius 1 is 0.929 bits per heavy atom. The second-order valence-corrected chi connectivity index (χ2v) is 7.52. The third-order valence-corrected chi connectivity index (χ3v) is 5.91. The Balaban J connectivity index is 1.75. The molecule has 0 aliphatic heterocycles. The van der Waals surface area contributed by atoms with Crippen LogP contribution in [0.1, 0.15) is 59.6 Å². The van der Waals surface area contributed by atoms with Crippen LogP contribution in [0.25, 0.3) is 0 Å². The number of nitrogens with one attached hydrogen (secondary N) is 1. The lowest BCUT2D eigenvalue weighted by atomic mass is 9.72. The minimum atomic E-state index is -4.41. The SMILES string of the molecule is O=C1CCCCC[C@@]12C(=O)c1ccccc1[C@H]2Nc1ccc(C(F)(F)F)cc1. The predicted molar refractivity (Wildman–Crippen MR) is 99.1 cm³/mol. The molecule has 146 valence electrons. The number of halogens is 3. The van der Waals surface area contributed by atoms with Gasteiger partial charge in [-0.2, -0.15) is 13.2 Å². The van der Waals surface area contributed by atoms with Gasteiger partial charge in [-0.15, -0.1) is 0 Å². The molecule has 1 spiro atoms. The van der Waals surface area contributed by atoms with Gasteiger partial charge < -0.3 is 5.32 Å². The monoisotopic (exact) mass is 387 g/mol. The van der Waals surface area contributed by atoms with Crippen molar-refractivity contribution in [1.29, 1.82) is 0 Å². The van der Waals surface area contributed by atoms with Crippen molar-refractivity contribution in [3.8, 4) is 0 Å². The van der Waals surface area contributed by atoms with Gasteiger partial charge >= 0.3 is 6.18 Å². The van der Waals surface area contributed by atoms with E-state index in [4.69, 9.17) is 0 Å². The Bertz CT molecular complexity index is 920. The van der Waals surface area contributed by atoms with Crippen LogP contribution in [-0.4, -0.2) is 11.6 Å². The molecule has 1 fully saturated rings. The maximum Gasteiger partial charge on any atom is 0.416 e. The number of ketones is 2. The van der Waals surface area contributed by atoms with E-state index in [1.54, 1.807) is 12.1 Å². The molecule has 0 unspecified atom stereocenters. The molecule has 0 radical (unpaired) electrons. The Morgan fingerprint density at radius 2 is 1.64 bits per heavy atom. The summed E-state index contributed by atoms with van der Waals surface area (Å²) < 4.78 is 38.5. The zero-order chi connectivity index (χ0) is 19.9. The van der Waals surface area contributed by atoms with E-state index in [0.717, 1.165) is 37.0 Å². The second-order valence-electron chi connectivity index (χ2n) is 7.52. The minimum absolute atomic E-state index is 0.0735. The van der Waals surface area contributed by atoms with Crippen LogP contribution in [0.4, 0.5) is 18.9 Å². The summed E-state index contributed by atoms with van der Waals surface area (Å²) in [7, 11) is 0. The lowest BCUT2D eigenvalue weighted by Gasteiger charge is -2.33. The van der Waals surface area contributed by atoms with E-state index >= 15 is 0 Å². The average Bonchev–Trinajstić information content (AvgIpc) is 2.79. The van der Waals surface area contributed by atoms with E-state index in [9.17, 15) is 22.8 Å². The van der Waals surface area contributed by atoms with Gasteiger partial charge in [0.25, 0.3) is 0 Å².